The number of hydrogen-bond acceptors (Lipinski definition) is 1. The molecule has 0 aromatic carbocycles. The molecule has 0 heterocycles. The average molecular weight is 296 g/mol. The Morgan fingerprint density at radius 3 is 1.95 bits per heavy atom. The van der Waals surface area contributed by atoms with E-state index in [2.05, 4.69) is 20.1 Å². The fraction of sp³-hybridized carbons (Fsp3) is 0.722. The molecule has 0 fully saturated rings. The van der Waals surface area contributed by atoms with Gasteiger partial charge in [0.1, 0.15) is 0 Å². The van der Waals surface area contributed by atoms with Crippen LogP contribution in [0.3, 0.4) is 0 Å². The Morgan fingerprint density at radius 2 is 1.52 bits per heavy atom. The summed E-state index contributed by atoms with van der Waals surface area (Å²) in [6.07, 6.45) is 12.9. The Kier molecular flexibility index (Phi) is 11.0. The maximum Gasteiger partial charge on any atom is 0.362 e. The van der Waals surface area contributed by atoms with Crippen LogP contribution in [-0.2, 0) is 4.79 Å². The molecule has 0 saturated heterocycles. The van der Waals surface area contributed by atoms with Crippen LogP contribution in [0.15, 0.2) is 25.3 Å². The van der Waals surface area contributed by atoms with Crippen LogP contribution < -0.4 is 0 Å². The molecule has 0 aliphatic rings. The topological polar surface area (TPSA) is 37.3 Å². The molecule has 3 nitrogen and oxygen atoms in total. The van der Waals surface area contributed by atoms with Gasteiger partial charge in [-0.15, -0.1) is 0 Å². The molecule has 122 valence electrons. The lowest BCUT2D eigenvalue weighted by Crippen LogP contribution is -2.56. The van der Waals surface area contributed by atoms with Crippen molar-refractivity contribution in [3.05, 3.63) is 25.3 Å². The highest BCUT2D eigenvalue weighted by Crippen LogP contribution is 2.19. The van der Waals surface area contributed by atoms with Crippen molar-refractivity contribution in [1.82, 2.24) is 0 Å². The van der Waals surface area contributed by atoms with Gasteiger partial charge in [0.2, 0.25) is 0 Å². The lowest BCUT2D eigenvalue weighted by Gasteiger charge is -2.38. The van der Waals surface area contributed by atoms with Crippen molar-refractivity contribution in [3.63, 3.8) is 0 Å². The first-order valence-electron chi connectivity index (χ1n) is 8.30. The van der Waals surface area contributed by atoms with Gasteiger partial charge in [0, 0.05) is 6.42 Å². The van der Waals surface area contributed by atoms with Crippen LogP contribution in [0.5, 0.6) is 0 Å². The van der Waals surface area contributed by atoms with E-state index in [0.29, 0.717) is 17.6 Å². The lowest BCUT2D eigenvalue weighted by molar-refractivity contribution is -0.914. The summed E-state index contributed by atoms with van der Waals surface area (Å²) in [5, 5.41) is 9.55. The molecule has 0 amide bonds. The Morgan fingerprint density at radius 1 is 1.05 bits per heavy atom. The summed E-state index contributed by atoms with van der Waals surface area (Å²) in [6.45, 7) is 11.1. The Balaban J connectivity index is 4.31. The summed E-state index contributed by atoms with van der Waals surface area (Å²) in [7, 11) is 1.99. The number of carbonyl (C=O) groups is 1. The Labute approximate surface area is 130 Å². The predicted molar refractivity (Wildman–Crippen MR) is 90.3 cm³/mol. The summed E-state index contributed by atoms with van der Waals surface area (Å²) in [5.74, 6) is -0.702. The van der Waals surface area contributed by atoms with Crippen molar-refractivity contribution in [2.75, 3.05) is 20.1 Å². The second-order valence-electron chi connectivity index (χ2n) is 6.19. The predicted octanol–water partition coefficient (Wildman–Crippen LogP) is 4.40. The van der Waals surface area contributed by atoms with Crippen LogP contribution in [0, 0.1) is 0 Å². The number of carboxylic acids is 1. The first-order chi connectivity index (χ1) is 10.0. The van der Waals surface area contributed by atoms with Gasteiger partial charge >= 0.3 is 5.97 Å². The van der Waals surface area contributed by atoms with Crippen molar-refractivity contribution in [3.8, 4) is 0 Å². The number of carboxylic acid groups (broad SMARTS) is 1. The van der Waals surface area contributed by atoms with Crippen LogP contribution in [0.1, 0.15) is 58.3 Å². The van der Waals surface area contributed by atoms with E-state index in [1.54, 1.807) is 0 Å². The zero-order chi connectivity index (χ0) is 16.1. The minimum Gasteiger partial charge on any atom is -0.477 e. The molecule has 3 heteroatoms. The van der Waals surface area contributed by atoms with E-state index >= 15 is 0 Å². The number of rotatable bonds is 14. The summed E-state index contributed by atoms with van der Waals surface area (Å²) in [4.78, 5) is 11.6. The second kappa shape index (κ2) is 11.6. The maximum atomic E-state index is 11.6. The van der Waals surface area contributed by atoms with Crippen molar-refractivity contribution >= 4 is 5.97 Å². The average Bonchev–Trinajstić information content (AvgIpc) is 2.41. The van der Waals surface area contributed by atoms with Crippen molar-refractivity contribution in [2.45, 2.75) is 64.3 Å². The van der Waals surface area contributed by atoms with Crippen LogP contribution in [0.25, 0.3) is 0 Å². The molecule has 0 bridgehead atoms. The molecular formula is C18H34NO2+. The quantitative estimate of drug-likeness (QED) is 0.293. The molecular weight excluding hydrogens is 262 g/mol. The standard InChI is InChI=1S/C18H33NO2/c1-5-8-9-10-11-12-13-14-17(18(20)21)19(4,15-6-2)16-7-3/h6-7,17H,2-3,5,8-16H2,1,4H3/p+1. The number of nitrogens with zero attached hydrogens (tertiary/aromatic N) is 1. The maximum absolute atomic E-state index is 11.6. The number of likely N-dealkylation sites (N-methyl/N-ethyl adjacent to an activating group) is 1. The molecule has 21 heavy (non-hydrogen) atoms. The van der Waals surface area contributed by atoms with E-state index in [1.807, 2.05) is 19.2 Å². The highest BCUT2D eigenvalue weighted by Gasteiger charge is 2.36. The molecule has 0 aromatic heterocycles. The van der Waals surface area contributed by atoms with Crippen LogP contribution in [0.4, 0.5) is 0 Å². The first-order valence-corrected chi connectivity index (χ1v) is 8.30. The number of unbranched alkanes of at least 4 members (excludes halogenated alkanes) is 6. The van der Waals surface area contributed by atoms with E-state index in [1.165, 1.54) is 32.1 Å². The van der Waals surface area contributed by atoms with Gasteiger partial charge in [-0.1, -0.05) is 58.6 Å². The minimum absolute atomic E-state index is 0.364. The Bertz CT molecular complexity index is 302. The zero-order valence-electron chi connectivity index (χ0n) is 14.0. The molecule has 1 atom stereocenters. The van der Waals surface area contributed by atoms with Crippen molar-refractivity contribution in [2.24, 2.45) is 0 Å². The van der Waals surface area contributed by atoms with E-state index < -0.39 is 5.97 Å². The fourth-order valence-corrected chi connectivity index (χ4v) is 2.92. The van der Waals surface area contributed by atoms with E-state index in [9.17, 15) is 9.90 Å². The van der Waals surface area contributed by atoms with Crippen LogP contribution in [0.2, 0.25) is 0 Å². The Hall–Kier alpha value is -1.09. The van der Waals surface area contributed by atoms with Gasteiger partial charge in [0.05, 0.1) is 20.1 Å². The summed E-state index contributed by atoms with van der Waals surface area (Å²) in [5.41, 5.74) is 0. The highest BCUT2D eigenvalue weighted by molar-refractivity contribution is 5.72. The van der Waals surface area contributed by atoms with Gasteiger partial charge < -0.3 is 9.59 Å². The third-order valence-electron chi connectivity index (χ3n) is 4.21. The molecule has 0 aliphatic carbocycles. The normalized spacial score (nSPS) is 12.9. The first kappa shape index (κ1) is 19.9. The number of quaternary nitrogens is 1. The summed E-state index contributed by atoms with van der Waals surface area (Å²) < 4.78 is 0.470. The van der Waals surface area contributed by atoms with Crippen molar-refractivity contribution < 1.29 is 14.4 Å². The molecule has 0 rings (SSSR count). The van der Waals surface area contributed by atoms with E-state index in [-0.39, 0.29) is 6.04 Å². The lowest BCUT2D eigenvalue weighted by atomic mass is 10.0. The fourth-order valence-electron chi connectivity index (χ4n) is 2.92. The molecule has 1 unspecified atom stereocenters. The monoisotopic (exact) mass is 296 g/mol. The smallest absolute Gasteiger partial charge is 0.362 e. The third kappa shape index (κ3) is 8.05. The minimum atomic E-state index is -0.702. The van der Waals surface area contributed by atoms with Gasteiger partial charge in [-0.2, -0.15) is 0 Å². The van der Waals surface area contributed by atoms with E-state index in [0.717, 1.165) is 19.3 Å². The van der Waals surface area contributed by atoms with Gasteiger partial charge in [-0.25, -0.2) is 4.79 Å². The molecule has 0 radical (unpaired) electrons. The van der Waals surface area contributed by atoms with Gasteiger partial charge in [-0.3, -0.25) is 0 Å². The van der Waals surface area contributed by atoms with Crippen LogP contribution in [-0.4, -0.2) is 41.7 Å². The largest absolute Gasteiger partial charge is 0.477 e. The van der Waals surface area contributed by atoms with Gasteiger partial charge in [0.15, 0.2) is 6.04 Å². The number of aliphatic carboxylic acids is 1. The summed E-state index contributed by atoms with van der Waals surface area (Å²) in [6, 6.07) is -0.364. The molecule has 0 spiro atoms. The SMILES string of the molecule is C=CC[N+](C)(CC=C)C(CCCCCCCCC)C(=O)O. The van der Waals surface area contributed by atoms with Gasteiger partial charge in [-0.05, 0) is 18.6 Å². The molecule has 0 saturated carbocycles. The third-order valence-corrected chi connectivity index (χ3v) is 4.21. The second-order valence-corrected chi connectivity index (χ2v) is 6.19. The highest BCUT2D eigenvalue weighted by atomic mass is 16.4. The van der Waals surface area contributed by atoms with Gasteiger partial charge in [0.25, 0.3) is 0 Å². The van der Waals surface area contributed by atoms with Crippen molar-refractivity contribution in [1.29, 1.82) is 0 Å². The summed E-state index contributed by atoms with van der Waals surface area (Å²) >= 11 is 0. The van der Waals surface area contributed by atoms with E-state index in [4.69, 9.17) is 0 Å². The number of hydrogen-bond donors (Lipinski definition) is 1. The molecule has 0 aliphatic heterocycles. The zero-order valence-corrected chi connectivity index (χ0v) is 14.0. The van der Waals surface area contributed by atoms with Crippen LogP contribution >= 0.6 is 0 Å². The molecule has 0 aromatic rings. The molecule has 1 N–H and O–H groups in total.